The molecule has 2 aromatic rings. The van der Waals surface area contributed by atoms with Gasteiger partial charge in [0.15, 0.2) is 0 Å². The average Bonchev–Trinajstić information content (AvgIpc) is 3.07. The summed E-state index contributed by atoms with van der Waals surface area (Å²) in [6.45, 7) is 4.35. The second-order valence-electron chi connectivity index (χ2n) is 5.66. The van der Waals surface area contributed by atoms with E-state index in [1.54, 1.807) is 11.3 Å². The van der Waals surface area contributed by atoms with Gasteiger partial charge in [-0.1, -0.05) is 30.3 Å². The van der Waals surface area contributed by atoms with Crippen LogP contribution >= 0.6 is 11.3 Å². The Kier molecular flexibility index (Phi) is 4.45. The predicted molar refractivity (Wildman–Crippen MR) is 87.9 cm³/mol. The smallest absolute Gasteiger partial charge is 0.317 e. The molecule has 2 heterocycles. The van der Waals surface area contributed by atoms with E-state index in [1.807, 2.05) is 59.0 Å². The van der Waals surface area contributed by atoms with Crippen molar-refractivity contribution in [2.45, 2.75) is 19.1 Å². The lowest BCUT2D eigenvalue weighted by Gasteiger charge is -2.40. The number of nitrogens with zero attached hydrogens (tertiary/aromatic N) is 1. The first kappa shape index (κ1) is 15.1. The number of morpholine rings is 1. The Hall–Kier alpha value is -1.85. The topological polar surface area (TPSA) is 41.6 Å². The van der Waals surface area contributed by atoms with Crippen LogP contribution in [0.15, 0.2) is 47.2 Å². The second kappa shape index (κ2) is 6.50. The first-order valence-electron chi connectivity index (χ1n) is 7.41. The van der Waals surface area contributed by atoms with Crippen LogP contribution in [0, 0.1) is 0 Å². The lowest BCUT2D eigenvalue weighted by molar-refractivity contribution is -0.0906. The van der Waals surface area contributed by atoms with E-state index < -0.39 is 5.60 Å². The Morgan fingerprint density at radius 1 is 1.36 bits per heavy atom. The molecule has 4 nitrogen and oxygen atoms in total. The average molecular weight is 316 g/mol. The Morgan fingerprint density at radius 3 is 2.91 bits per heavy atom. The summed E-state index contributed by atoms with van der Waals surface area (Å²) in [6, 6.07) is 12.1. The number of nitrogens with one attached hydrogen (secondary N) is 1. The maximum absolute atomic E-state index is 12.4. The van der Waals surface area contributed by atoms with Gasteiger partial charge in [-0.05, 0) is 34.9 Å². The molecule has 3 rings (SSSR count). The Morgan fingerprint density at radius 2 is 2.18 bits per heavy atom. The summed E-state index contributed by atoms with van der Waals surface area (Å²) in [5.41, 5.74) is 1.79. The molecule has 0 saturated carbocycles. The summed E-state index contributed by atoms with van der Waals surface area (Å²) in [7, 11) is 0. The molecule has 1 aliphatic rings. The van der Waals surface area contributed by atoms with Crippen LogP contribution in [0.5, 0.6) is 0 Å². The number of ether oxygens (including phenoxy) is 1. The van der Waals surface area contributed by atoms with Crippen molar-refractivity contribution in [2.24, 2.45) is 0 Å². The first-order valence-corrected chi connectivity index (χ1v) is 8.35. The lowest BCUT2D eigenvalue weighted by Crippen LogP contribution is -2.53. The highest BCUT2D eigenvalue weighted by atomic mass is 32.1. The van der Waals surface area contributed by atoms with Crippen LogP contribution in [0.3, 0.4) is 0 Å². The van der Waals surface area contributed by atoms with Crippen molar-refractivity contribution in [1.82, 2.24) is 10.2 Å². The van der Waals surface area contributed by atoms with E-state index in [0.29, 0.717) is 26.2 Å². The van der Waals surface area contributed by atoms with E-state index in [0.717, 1.165) is 11.1 Å². The monoisotopic (exact) mass is 316 g/mol. The molecule has 0 spiro atoms. The number of urea groups is 1. The molecule has 116 valence electrons. The highest BCUT2D eigenvalue weighted by molar-refractivity contribution is 7.07. The fraction of sp³-hybridized carbons (Fsp3) is 0.353. The van der Waals surface area contributed by atoms with Gasteiger partial charge in [-0.2, -0.15) is 11.3 Å². The fourth-order valence-corrected chi connectivity index (χ4v) is 3.36. The minimum Gasteiger partial charge on any atom is -0.367 e. The molecule has 22 heavy (non-hydrogen) atoms. The number of thiophene rings is 1. The number of rotatable bonds is 3. The molecular formula is C17H20N2O2S. The van der Waals surface area contributed by atoms with Crippen LogP contribution in [-0.2, 0) is 16.9 Å². The molecule has 0 aliphatic carbocycles. The van der Waals surface area contributed by atoms with E-state index in [4.69, 9.17) is 4.74 Å². The quantitative estimate of drug-likeness (QED) is 0.945. The third-order valence-electron chi connectivity index (χ3n) is 3.97. The van der Waals surface area contributed by atoms with Gasteiger partial charge >= 0.3 is 6.03 Å². The Bertz CT molecular complexity index is 615. The first-order chi connectivity index (χ1) is 10.7. The number of carbonyl (C=O) groups excluding carboxylic acids is 1. The Labute approximate surface area is 134 Å². The van der Waals surface area contributed by atoms with E-state index in [2.05, 4.69) is 5.32 Å². The zero-order valence-corrected chi connectivity index (χ0v) is 13.4. The molecular weight excluding hydrogens is 296 g/mol. The maximum atomic E-state index is 12.4. The molecule has 1 fully saturated rings. The van der Waals surface area contributed by atoms with Crippen LogP contribution in [0.25, 0.3) is 0 Å². The van der Waals surface area contributed by atoms with Crippen LogP contribution < -0.4 is 5.32 Å². The zero-order chi connectivity index (χ0) is 15.4. The van der Waals surface area contributed by atoms with Crippen molar-refractivity contribution in [3.8, 4) is 0 Å². The zero-order valence-electron chi connectivity index (χ0n) is 12.6. The third kappa shape index (κ3) is 3.31. The van der Waals surface area contributed by atoms with Crippen LogP contribution in [0.2, 0.25) is 0 Å². The van der Waals surface area contributed by atoms with E-state index >= 15 is 0 Å². The van der Waals surface area contributed by atoms with Gasteiger partial charge in [-0.3, -0.25) is 0 Å². The van der Waals surface area contributed by atoms with Crippen molar-refractivity contribution >= 4 is 17.4 Å². The van der Waals surface area contributed by atoms with E-state index in [1.165, 1.54) is 0 Å². The van der Waals surface area contributed by atoms with Gasteiger partial charge in [-0.25, -0.2) is 4.79 Å². The number of amides is 2. The molecule has 1 saturated heterocycles. The maximum Gasteiger partial charge on any atom is 0.317 e. The molecule has 1 aromatic carbocycles. The number of hydrogen-bond acceptors (Lipinski definition) is 3. The van der Waals surface area contributed by atoms with Crippen molar-refractivity contribution in [1.29, 1.82) is 0 Å². The summed E-state index contributed by atoms with van der Waals surface area (Å²) in [5, 5.41) is 7.05. The van der Waals surface area contributed by atoms with E-state index in [9.17, 15) is 4.79 Å². The highest BCUT2D eigenvalue weighted by Gasteiger charge is 2.35. The van der Waals surface area contributed by atoms with Crippen molar-refractivity contribution in [2.75, 3.05) is 19.7 Å². The third-order valence-corrected chi connectivity index (χ3v) is 4.70. The van der Waals surface area contributed by atoms with Crippen molar-refractivity contribution in [3.05, 3.63) is 58.3 Å². The molecule has 0 unspecified atom stereocenters. The molecule has 1 aromatic heterocycles. The van der Waals surface area contributed by atoms with Crippen molar-refractivity contribution in [3.63, 3.8) is 0 Å². The number of carbonyl (C=O) groups is 1. The van der Waals surface area contributed by atoms with Gasteiger partial charge in [0, 0.05) is 13.1 Å². The molecule has 2 amide bonds. The summed E-state index contributed by atoms with van der Waals surface area (Å²) >= 11 is 1.64. The van der Waals surface area contributed by atoms with Gasteiger partial charge in [0.25, 0.3) is 0 Å². The van der Waals surface area contributed by atoms with E-state index in [-0.39, 0.29) is 6.03 Å². The largest absolute Gasteiger partial charge is 0.367 e. The summed E-state index contributed by atoms with van der Waals surface area (Å²) in [6.07, 6.45) is 0. The molecule has 5 heteroatoms. The van der Waals surface area contributed by atoms with Gasteiger partial charge in [0.05, 0.1) is 13.2 Å². The van der Waals surface area contributed by atoms with Crippen LogP contribution in [0.1, 0.15) is 18.1 Å². The molecule has 1 aliphatic heterocycles. The summed E-state index contributed by atoms with van der Waals surface area (Å²) in [4.78, 5) is 14.2. The second-order valence-corrected chi connectivity index (χ2v) is 6.44. The SMILES string of the molecule is C[C@]1(c2ccccc2)CN(C(=O)NCc2ccsc2)CCO1. The van der Waals surface area contributed by atoms with Crippen LogP contribution in [0.4, 0.5) is 4.79 Å². The molecule has 0 bridgehead atoms. The van der Waals surface area contributed by atoms with Gasteiger partial charge in [0.1, 0.15) is 5.60 Å². The fourth-order valence-electron chi connectivity index (χ4n) is 2.69. The van der Waals surface area contributed by atoms with Crippen LogP contribution in [-0.4, -0.2) is 30.6 Å². The molecule has 1 atom stereocenters. The lowest BCUT2D eigenvalue weighted by atomic mass is 9.94. The summed E-state index contributed by atoms with van der Waals surface area (Å²) in [5.74, 6) is 0. The number of benzene rings is 1. The highest BCUT2D eigenvalue weighted by Crippen LogP contribution is 2.29. The number of hydrogen-bond donors (Lipinski definition) is 1. The van der Waals surface area contributed by atoms with Gasteiger partial charge in [-0.15, -0.1) is 0 Å². The minimum atomic E-state index is -0.445. The molecule has 1 N–H and O–H groups in total. The summed E-state index contributed by atoms with van der Waals surface area (Å²) < 4.78 is 5.96. The van der Waals surface area contributed by atoms with Gasteiger partial charge in [0.2, 0.25) is 0 Å². The normalized spacial score (nSPS) is 21.6. The molecule has 0 radical (unpaired) electrons. The Balaban J connectivity index is 1.63. The van der Waals surface area contributed by atoms with Crippen molar-refractivity contribution < 1.29 is 9.53 Å². The minimum absolute atomic E-state index is 0.0309. The van der Waals surface area contributed by atoms with Gasteiger partial charge < -0.3 is 15.0 Å². The standard InChI is InChI=1S/C17H20N2O2S/c1-17(15-5-3-2-4-6-15)13-19(8-9-21-17)16(20)18-11-14-7-10-22-12-14/h2-7,10,12H,8-9,11,13H2,1H3,(H,18,20)/t17-/m1/s1. The predicted octanol–water partition coefficient (Wildman–Crippen LogP) is 3.21.